The van der Waals surface area contributed by atoms with E-state index in [2.05, 4.69) is 82.7 Å². The van der Waals surface area contributed by atoms with Crippen molar-refractivity contribution in [3.8, 4) is 11.5 Å². The second-order valence-corrected chi connectivity index (χ2v) is 11.6. The average molecular weight is 256 g/mol. The molecule has 0 nitrogen and oxygen atoms in total. The third-order valence-corrected chi connectivity index (χ3v) is 3.56. The molecule has 18 heavy (non-hydrogen) atoms. The van der Waals surface area contributed by atoms with E-state index in [1.54, 1.807) is 0 Å². The SMILES string of the molecule is C=C(C#C[Si](C)(C)C)c1ccc(C(C)(C)C)cc1. The van der Waals surface area contributed by atoms with Gasteiger partial charge in [0.1, 0.15) is 8.07 Å². The van der Waals surface area contributed by atoms with Crippen molar-refractivity contribution in [2.75, 3.05) is 0 Å². The van der Waals surface area contributed by atoms with E-state index in [0.29, 0.717) is 0 Å². The van der Waals surface area contributed by atoms with Crippen LogP contribution in [0.25, 0.3) is 5.57 Å². The van der Waals surface area contributed by atoms with Gasteiger partial charge in [-0.3, -0.25) is 0 Å². The minimum atomic E-state index is -1.32. The lowest BCUT2D eigenvalue weighted by Crippen LogP contribution is -2.16. The van der Waals surface area contributed by atoms with Crippen LogP contribution in [0.2, 0.25) is 19.6 Å². The van der Waals surface area contributed by atoms with E-state index in [1.165, 1.54) is 5.56 Å². The Morgan fingerprint density at radius 1 is 1.06 bits per heavy atom. The molecule has 0 fully saturated rings. The van der Waals surface area contributed by atoms with Crippen LogP contribution >= 0.6 is 0 Å². The zero-order valence-corrected chi connectivity index (χ0v) is 13.5. The minimum absolute atomic E-state index is 0.198. The van der Waals surface area contributed by atoms with Gasteiger partial charge in [-0.15, -0.1) is 5.54 Å². The summed E-state index contributed by atoms with van der Waals surface area (Å²) in [7, 11) is -1.32. The topological polar surface area (TPSA) is 0 Å². The molecule has 0 amide bonds. The molecule has 0 aromatic heterocycles. The Kier molecular flexibility index (Phi) is 4.24. The van der Waals surface area contributed by atoms with Crippen LogP contribution < -0.4 is 0 Å². The predicted molar refractivity (Wildman–Crippen MR) is 85.3 cm³/mol. The van der Waals surface area contributed by atoms with Crippen LogP contribution in [0.5, 0.6) is 0 Å². The van der Waals surface area contributed by atoms with Crippen LogP contribution in [0, 0.1) is 11.5 Å². The van der Waals surface area contributed by atoms with Crippen molar-refractivity contribution in [3.63, 3.8) is 0 Å². The number of allylic oxidation sites excluding steroid dienone is 1. The van der Waals surface area contributed by atoms with E-state index in [9.17, 15) is 0 Å². The Bertz CT molecular complexity index is 482. The Labute approximate surface area is 113 Å². The van der Waals surface area contributed by atoms with Gasteiger partial charge in [-0.1, -0.05) is 77.2 Å². The molecular weight excluding hydrogens is 232 g/mol. The molecule has 1 aromatic carbocycles. The molecule has 0 unspecified atom stereocenters. The summed E-state index contributed by atoms with van der Waals surface area (Å²) >= 11 is 0. The zero-order valence-electron chi connectivity index (χ0n) is 12.5. The first kappa shape index (κ1) is 14.8. The molecule has 1 heteroatoms. The number of rotatable bonds is 1. The fourth-order valence-corrected chi connectivity index (χ4v) is 2.03. The lowest BCUT2D eigenvalue weighted by Gasteiger charge is -2.19. The van der Waals surface area contributed by atoms with Crippen molar-refractivity contribution in [3.05, 3.63) is 42.0 Å². The van der Waals surface area contributed by atoms with Gasteiger partial charge in [-0.05, 0) is 16.5 Å². The van der Waals surface area contributed by atoms with Crippen LogP contribution in [0.15, 0.2) is 30.8 Å². The first-order chi connectivity index (χ1) is 8.09. The Hall–Kier alpha value is -1.26. The van der Waals surface area contributed by atoms with Gasteiger partial charge in [0.25, 0.3) is 0 Å². The van der Waals surface area contributed by atoms with Crippen LogP contribution in [0.4, 0.5) is 0 Å². The Balaban J connectivity index is 2.92. The second kappa shape index (κ2) is 5.16. The van der Waals surface area contributed by atoms with E-state index in [0.717, 1.165) is 11.1 Å². The van der Waals surface area contributed by atoms with Gasteiger partial charge < -0.3 is 0 Å². The summed E-state index contributed by atoms with van der Waals surface area (Å²) in [5.74, 6) is 3.21. The summed E-state index contributed by atoms with van der Waals surface area (Å²) < 4.78 is 0. The monoisotopic (exact) mass is 256 g/mol. The smallest absolute Gasteiger partial charge is 0.127 e. The maximum atomic E-state index is 4.07. The first-order valence-corrected chi connectivity index (χ1v) is 9.92. The van der Waals surface area contributed by atoms with Gasteiger partial charge in [-0.2, -0.15) is 0 Å². The van der Waals surface area contributed by atoms with Gasteiger partial charge in [0.2, 0.25) is 0 Å². The first-order valence-electron chi connectivity index (χ1n) is 6.42. The van der Waals surface area contributed by atoms with Crippen LogP contribution in [-0.4, -0.2) is 8.07 Å². The van der Waals surface area contributed by atoms with Crippen molar-refractivity contribution < 1.29 is 0 Å². The predicted octanol–water partition coefficient (Wildman–Crippen LogP) is 4.88. The molecule has 0 atom stereocenters. The molecule has 96 valence electrons. The lowest BCUT2D eigenvalue weighted by atomic mass is 9.86. The Morgan fingerprint density at radius 3 is 1.94 bits per heavy atom. The van der Waals surface area contributed by atoms with Crippen molar-refractivity contribution in [1.29, 1.82) is 0 Å². The summed E-state index contributed by atoms with van der Waals surface area (Å²) in [6.45, 7) is 17.5. The van der Waals surface area contributed by atoms with E-state index in [4.69, 9.17) is 0 Å². The molecule has 0 saturated heterocycles. The molecule has 0 aliphatic rings. The van der Waals surface area contributed by atoms with Gasteiger partial charge in [0, 0.05) is 5.57 Å². The summed E-state index contributed by atoms with van der Waals surface area (Å²) in [5.41, 5.74) is 6.96. The minimum Gasteiger partial charge on any atom is -0.127 e. The second-order valence-electron chi connectivity index (χ2n) is 6.81. The summed E-state index contributed by atoms with van der Waals surface area (Å²) in [5, 5.41) is 0. The van der Waals surface area contributed by atoms with Gasteiger partial charge in [0.15, 0.2) is 0 Å². The zero-order chi connectivity index (χ0) is 14.0. The maximum absolute atomic E-state index is 4.07. The highest BCUT2D eigenvalue weighted by atomic mass is 28.3. The van der Waals surface area contributed by atoms with E-state index >= 15 is 0 Å². The molecular formula is C17H24Si. The van der Waals surface area contributed by atoms with Crippen molar-refractivity contribution >= 4 is 13.6 Å². The standard InChI is InChI=1S/C17H24Si/c1-14(12-13-18(5,6)7)15-8-10-16(11-9-15)17(2,3)4/h8-11H,1H2,2-7H3. The van der Waals surface area contributed by atoms with Crippen LogP contribution in [0.1, 0.15) is 31.9 Å². The highest BCUT2D eigenvalue weighted by Crippen LogP contribution is 2.23. The number of hydrogen-bond donors (Lipinski definition) is 0. The molecule has 0 radical (unpaired) electrons. The van der Waals surface area contributed by atoms with E-state index in [1.807, 2.05) is 0 Å². The molecule has 0 aliphatic heterocycles. The third-order valence-electron chi connectivity index (χ3n) is 2.69. The van der Waals surface area contributed by atoms with Crippen molar-refractivity contribution in [1.82, 2.24) is 0 Å². The fraction of sp³-hybridized carbons (Fsp3) is 0.412. The van der Waals surface area contributed by atoms with Gasteiger partial charge >= 0.3 is 0 Å². The van der Waals surface area contributed by atoms with Gasteiger partial charge in [-0.25, -0.2) is 0 Å². The normalized spacial score (nSPS) is 11.7. The molecule has 0 aliphatic carbocycles. The molecule has 1 aromatic rings. The third kappa shape index (κ3) is 4.54. The Morgan fingerprint density at radius 2 is 1.56 bits per heavy atom. The quantitative estimate of drug-likeness (QED) is 0.496. The molecule has 0 bridgehead atoms. The number of hydrogen-bond acceptors (Lipinski definition) is 0. The molecule has 0 N–H and O–H groups in total. The summed E-state index contributed by atoms with van der Waals surface area (Å²) in [6.07, 6.45) is 0. The highest BCUT2D eigenvalue weighted by molar-refractivity contribution is 6.84. The van der Waals surface area contributed by atoms with Crippen molar-refractivity contribution in [2.24, 2.45) is 0 Å². The average Bonchev–Trinajstić information content (AvgIpc) is 2.24. The maximum Gasteiger partial charge on any atom is 0.129 e. The van der Waals surface area contributed by atoms with Crippen LogP contribution in [-0.2, 0) is 5.41 Å². The molecule has 0 saturated carbocycles. The molecule has 1 rings (SSSR count). The van der Waals surface area contributed by atoms with Crippen LogP contribution in [0.3, 0.4) is 0 Å². The molecule has 0 heterocycles. The largest absolute Gasteiger partial charge is 0.129 e. The van der Waals surface area contributed by atoms with E-state index < -0.39 is 8.07 Å². The van der Waals surface area contributed by atoms with Gasteiger partial charge in [0.05, 0.1) is 0 Å². The summed E-state index contributed by atoms with van der Waals surface area (Å²) in [4.78, 5) is 0. The lowest BCUT2D eigenvalue weighted by molar-refractivity contribution is 0.590. The fourth-order valence-electron chi connectivity index (χ4n) is 1.51. The van der Waals surface area contributed by atoms with Crippen molar-refractivity contribution in [2.45, 2.75) is 45.8 Å². The number of benzene rings is 1. The molecule has 0 spiro atoms. The highest BCUT2D eigenvalue weighted by Gasteiger charge is 2.13. The summed E-state index contributed by atoms with van der Waals surface area (Å²) in [6, 6.07) is 8.61. The van der Waals surface area contributed by atoms with E-state index in [-0.39, 0.29) is 5.41 Å².